The molecule has 0 radical (unpaired) electrons. The molecule has 6 nitrogen and oxygen atoms in total. The SMILES string of the molecule is CCNc1ccc(COCCOCC(C)C)cc1[N+](=O)[O-]. The Morgan fingerprint density at radius 3 is 2.62 bits per heavy atom. The Kier molecular flexibility index (Phi) is 7.71. The van der Waals surface area contributed by atoms with E-state index < -0.39 is 0 Å². The molecule has 21 heavy (non-hydrogen) atoms. The van der Waals surface area contributed by atoms with E-state index in [4.69, 9.17) is 9.47 Å². The van der Waals surface area contributed by atoms with Gasteiger partial charge < -0.3 is 14.8 Å². The first-order valence-corrected chi connectivity index (χ1v) is 7.21. The summed E-state index contributed by atoms with van der Waals surface area (Å²) in [6.07, 6.45) is 0. The normalized spacial score (nSPS) is 10.9. The molecule has 0 atom stereocenters. The van der Waals surface area contributed by atoms with E-state index in [1.165, 1.54) is 0 Å². The first kappa shape index (κ1) is 17.4. The second-order valence-electron chi connectivity index (χ2n) is 5.16. The van der Waals surface area contributed by atoms with Crippen LogP contribution in [-0.4, -0.2) is 31.3 Å². The molecule has 0 fully saturated rings. The summed E-state index contributed by atoms with van der Waals surface area (Å²) in [4.78, 5) is 10.7. The zero-order valence-corrected chi connectivity index (χ0v) is 12.9. The number of ether oxygens (including phenoxy) is 2. The Morgan fingerprint density at radius 1 is 1.29 bits per heavy atom. The predicted octanol–water partition coefficient (Wildman–Crippen LogP) is 3.22. The largest absolute Gasteiger partial charge is 0.380 e. The number of hydrogen-bond donors (Lipinski definition) is 1. The van der Waals surface area contributed by atoms with E-state index in [-0.39, 0.29) is 10.6 Å². The van der Waals surface area contributed by atoms with Gasteiger partial charge in [0.2, 0.25) is 0 Å². The minimum absolute atomic E-state index is 0.0778. The number of anilines is 1. The molecule has 0 aromatic heterocycles. The molecule has 0 saturated carbocycles. The van der Waals surface area contributed by atoms with Crippen molar-refractivity contribution < 1.29 is 14.4 Å². The van der Waals surface area contributed by atoms with Gasteiger partial charge in [0.05, 0.1) is 24.7 Å². The molecule has 0 unspecified atom stereocenters. The maximum atomic E-state index is 11.0. The fourth-order valence-electron chi connectivity index (χ4n) is 1.78. The predicted molar refractivity (Wildman–Crippen MR) is 82.6 cm³/mol. The van der Waals surface area contributed by atoms with Crippen LogP contribution in [0.1, 0.15) is 26.3 Å². The van der Waals surface area contributed by atoms with Crippen LogP contribution in [0.4, 0.5) is 11.4 Å². The third-order valence-electron chi connectivity index (χ3n) is 2.72. The van der Waals surface area contributed by atoms with E-state index in [1.54, 1.807) is 12.1 Å². The highest BCUT2D eigenvalue weighted by Crippen LogP contribution is 2.25. The van der Waals surface area contributed by atoms with Crippen LogP contribution >= 0.6 is 0 Å². The Balaban J connectivity index is 2.45. The molecule has 0 spiro atoms. The maximum absolute atomic E-state index is 11.0. The second kappa shape index (κ2) is 9.31. The summed E-state index contributed by atoms with van der Waals surface area (Å²) in [6.45, 7) is 8.80. The van der Waals surface area contributed by atoms with Crippen molar-refractivity contribution in [3.8, 4) is 0 Å². The van der Waals surface area contributed by atoms with Gasteiger partial charge in [-0.3, -0.25) is 10.1 Å². The maximum Gasteiger partial charge on any atom is 0.292 e. The zero-order chi connectivity index (χ0) is 15.7. The standard InChI is InChI=1S/C15H24N2O4/c1-4-16-14-6-5-13(9-15(14)17(18)19)11-21-8-7-20-10-12(2)3/h5-6,9,12,16H,4,7-8,10-11H2,1-3H3. The number of nitro benzene ring substituents is 1. The minimum Gasteiger partial charge on any atom is -0.380 e. The Labute approximate surface area is 125 Å². The third-order valence-corrected chi connectivity index (χ3v) is 2.72. The van der Waals surface area contributed by atoms with Crippen LogP contribution in [0.25, 0.3) is 0 Å². The average Bonchev–Trinajstić information content (AvgIpc) is 2.43. The van der Waals surface area contributed by atoms with E-state index in [0.29, 0.717) is 44.6 Å². The van der Waals surface area contributed by atoms with E-state index in [9.17, 15) is 10.1 Å². The fourth-order valence-corrected chi connectivity index (χ4v) is 1.78. The van der Waals surface area contributed by atoms with Crippen molar-refractivity contribution >= 4 is 11.4 Å². The van der Waals surface area contributed by atoms with E-state index in [2.05, 4.69) is 19.2 Å². The van der Waals surface area contributed by atoms with Crippen LogP contribution in [0.15, 0.2) is 18.2 Å². The second-order valence-corrected chi connectivity index (χ2v) is 5.16. The van der Waals surface area contributed by atoms with Gasteiger partial charge in [0.15, 0.2) is 0 Å². The molecule has 6 heteroatoms. The van der Waals surface area contributed by atoms with Crippen molar-refractivity contribution in [2.75, 3.05) is 31.7 Å². The lowest BCUT2D eigenvalue weighted by molar-refractivity contribution is -0.384. The number of rotatable bonds is 10. The first-order valence-electron chi connectivity index (χ1n) is 7.21. The summed E-state index contributed by atoms with van der Waals surface area (Å²) in [5.41, 5.74) is 1.40. The van der Waals surface area contributed by atoms with E-state index in [0.717, 1.165) is 5.56 Å². The van der Waals surface area contributed by atoms with Crippen molar-refractivity contribution in [2.24, 2.45) is 5.92 Å². The molecule has 0 aliphatic heterocycles. The summed E-state index contributed by atoms with van der Waals surface area (Å²) < 4.78 is 10.9. The van der Waals surface area contributed by atoms with Gasteiger partial charge in [-0.05, 0) is 24.5 Å². The lowest BCUT2D eigenvalue weighted by atomic mass is 10.2. The first-order chi connectivity index (χ1) is 10.0. The van der Waals surface area contributed by atoms with Gasteiger partial charge in [-0.15, -0.1) is 0 Å². The topological polar surface area (TPSA) is 73.6 Å². The quantitative estimate of drug-likeness (QED) is 0.408. The summed E-state index contributed by atoms with van der Waals surface area (Å²) in [5, 5.41) is 14.0. The van der Waals surface area contributed by atoms with Crippen LogP contribution < -0.4 is 5.32 Å². The molecule has 1 N–H and O–H groups in total. The van der Waals surface area contributed by atoms with E-state index >= 15 is 0 Å². The van der Waals surface area contributed by atoms with Crippen molar-refractivity contribution in [3.63, 3.8) is 0 Å². The molecular formula is C15H24N2O4. The van der Waals surface area contributed by atoms with E-state index in [1.807, 2.05) is 13.0 Å². The van der Waals surface area contributed by atoms with Gasteiger partial charge in [-0.25, -0.2) is 0 Å². The van der Waals surface area contributed by atoms with Crippen LogP contribution in [0.5, 0.6) is 0 Å². The average molecular weight is 296 g/mol. The number of nitrogens with one attached hydrogen (secondary N) is 1. The highest BCUT2D eigenvalue weighted by Gasteiger charge is 2.13. The lowest BCUT2D eigenvalue weighted by Crippen LogP contribution is -2.08. The molecule has 1 aromatic rings. The molecule has 118 valence electrons. The minimum atomic E-state index is -0.382. The van der Waals surface area contributed by atoms with Gasteiger partial charge in [0.1, 0.15) is 5.69 Å². The number of benzene rings is 1. The molecule has 0 saturated heterocycles. The molecule has 0 aliphatic carbocycles. The smallest absolute Gasteiger partial charge is 0.292 e. The third kappa shape index (κ3) is 6.55. The number of nitrogens with zero attached hydrogens (tertiary/aromatic N) is 1. The summed E-state index contributed by atoms with van der Waals surface area (Å²) in [5.74, 6) is 0.506. The Morgan fingerprint density at radius 2 is 2.00 bits per heavy atom. The fraction of sp³-hybridized carbons (Fsp3) is 0.600. The molecule has 1 rings (SSSR count). The van der Waals surface area contributed by atoms with Crippen molar-refractivity contribution in [2.45, 2.75) is 27.4 Å². The summed E-state index contributed by atoms with van der Waals surface area (Å²) >= 11 is 0. The van der Waals surface area contributed by atoms with Crippen LogP contribution in [0, 0.1) is 16.0 Å². The zero-order valence-electron chi connectivity index (χ0n) is 12.9. The highest BCUT2D eigenvalue weighted by molar-refractivity contribution is 5.62. The molecule has 1 aromatic carbocycles. The van der Waals surface area contributed by atoms with Crippen molar-refractivity contribution in [1.29, 1.82) is 0 Å². The molecule has 0 heterocycles. The van der Waals surface area contributed by atoms with Gasteiger partial charge in [0.25, 0.3) is 5.69 Å². The Bertz CT molecular complexity index is 449. The molecule has 0 aliphatic rings. The molecule has 0 amide bonds. The lowest BCUT2D eigenvalue weighted by Gasteiger charge is -2.09. The van der Waals surface area contributed by atoms with Crippen LogP contribution in [0.3, 0.4) is 0 Å². The number of hydrogen-bond acceptors (Lipinski definition) is 5. The monoisotopic (exact) mass is 296 g/mol. The van der Waals surface area contributed by atoms with Gasteiger partial charge in [0, 0.05) is 19.2 Å². The summed E-state index contributed by atoms with van der Waals surface area (Å²) in [6, 6.07) is 5.10. The molecule has 0 bridgehead atoms. The summed E-state index contributed by atoms with van der Waals surface area (Å²) in [7, 11) is 0. The van der Waals surface area contributed by atoms with Gasteiger partial charge in [-0.2, -0.15) is 0 Å². The molecular weight excluding hydrogens is 272 g/mol. The van der Waals surface area contributed by atoms with Crippen molar-refractivity contribution in [1.82, 2.24) is 0 Å². The Hall–Kier alpha value is -1.66. The van der Waals surface area contributed by atoms with Gasteiger partial charge >= 0.3 is 0 Å². The van der Waals surface area contributed by atoms with Crippen molar-refractivity contribution in [3.05, 3.63) is 33.9 Å². The van der Waals surface area contributed by atoms with Gasteiger partial charge in [-0.1, -0.05) is 19.9 Å². The highest BCUT2D eigenvalue weighted by atomic mass is 16.6. The van der Waals surface area contributed by atoms with Crippen LogP contribution in [-0.2, 0) is 16.1 Å². The number of nitro groups is 1. The van der Waals surface area contributed by atoms with Crippen LogP contribution in [0.2, 0.25) is 0 Å².